The van der Waals surface area contributed by atoms with Crippen molar-refractivity contribution in [2.45, 2.75) is 58.7 Å². The molecule has 2 heterocycles. The smallest absolute Gasteiger partial charge is 0.191 e. The van der Waals surface area contributed by atoms with Gasteiger partial charge in [0.2, 0.25) is 0 Å². The zero-order valence-electron chi connectivity index (χ0n) is 16.1. The lowest BCUT2D eigenvalue weighted by Crippen LogP contribution is -2.48. The van der Waals surface area contributed by atoms with E-state index in [9.17, 15) is 5.11 Å². The lowest BCUT2D eigenvalue weighted by atomic mass is 9.78. The third-order valence-corrected chi connectivity index (χ3v) is 6.02. The number of hydrogen-bond acceptors (Lipinski definition) is 4. The Morgan fingerprint density at radius 3 is 2.72 bits per heavy atom. The van der Waals surface area contributed by atoms with Gasteiger partial charge < -0.3 is 20.5 Å². The largest absolute Gasteiger partial charge is 0.387 e. The summed E-state index contributed by atoms with van der Waals surface area (Å²) < 4.78 is 6.06. The number of hydrogen-bond donors (Lipinski definition) is 3. The second kappa shape index (κ2) is 10.6. The molecule has 148 valence electrons. The first-order valence-electron chi connectivity index (χ1n) is 9.28. The maximum absolute atomic E-state index is 10.5. The van der Waals surface area contributed by atoms with Crippen molar-refractivity contribution in [1.82, 2.24) is 10.6 Å². The van der Waals surface area contributed by atoms with E-state index in [1.54, 1.807) is 0 Å². The Morgan fingerprint density at radius 2 is 2.12 bits per heavy atom. The highest BCUT2D eigenvalue weighted by molar-refractivity contribution is 14.0. The van der Waals surface area contributed by atoms with Crippen molar-refractivity contribution < 1.29 is 9.84 Å². The third kappa shape index (κ3) is 7.42. The van der Waals surface area contributed by atoms with Crippen LogP contribution in [0.4, 0.5) is 0 Å². The van der Waals surface area contributed by atoms with E-state index >= 15 is 0 Å². The van der Waals surface area contributed by atoms with Gasteiger partial charge in [0.05, 0.1) is 18.2 Å². The molecule has 0 bridgehead atoms. The summed E-state index contributed by atoms with van der Waals surface area (Å²) in [5.41, 5.74) is -0.479. The SMILES string of the molecule is CCNC(=NCC1(O)CCSC1)NCC1CCCOC1C(C)(C)C.I. The summed E-state index contributed by atoms with van der Waals surface area (Å²) in [6, 6.07) is 0. The lowest BCUT2D eigenvalue weighted by Gasteiger charge is -2.40. The molecule has 0 aliphatic carbocycles. The van der Waals surface area contributed by atoms with Crippen LogP contribution in [0.15, 0.2) is 4.99 Å². The number of thioether (sulfide) groups is 1. The summed E-state index contributed by atoms with van der Waals surface area (Å²) in [4.78, 5) is 4.63. The first kappa shape index (κ1) is 23.3. The molecule has 2 fully saturated rings. The van der Waals surface area contributed by atoms with Gasteiger partial charge in [-0.2, -0.15) is 11.8 Å². The quantitative estimate of drug-likeness (QED) is 0.318. The van der Waals surface area contributed by atoms with Crippen molar-refractivity contribution in [1.29, 1.82) is 0 Å². The Hall–Kier alpha value is 0.270. The number of aliphatic imine (C=N–C) groups is 1. The summed E-state index contributed by atoms with van der Waals surface area (Å²) >= 11 is 1.81. The minimum atomic E-state index is -0.630. The maximum atomic E-state index is 10.5. The number of halogens is 1. The summed E-state index contributed by atoms with van der Waals surface area (Å²) in [6.45, 7) is 11.9. The summed E-state index contributed by atoms with van der Waals surface area (Å²) in [5, 5.41) is 17.2. The van der Waals surface area contributed by atoms with Crippen LogP contribution in [0.2, 0.25) is 0 Å². The second-order valence-electron chi connectivity index (χ2n) is 8.16. The molecule has 0 saturated carbocycles. The molecular formula is C18H36IN3O2S. The molecule has 2 rings (SSSR count). The highest BCUT2D eigenvalue weighted by atomic mass is 127. The fourth-order valence-corrected chi connectivity index (χ4v) is 4.81. The molecule has 5 nitrogen and oxygen atoms in total. The molecule has 2 aliphatic heterocycles. The molecule has 3 N–H and O–H groups in total. The van der Waals surface area contributed by atoms with Crippen molar-refractivity contribution in [2.75, 3.05) is 37.7 Å². The average molecular weight is 485 g/mol. The normalized spacial score (nSPS) is 30.7. The molecule has 2 saturated heterocycles. The van der Waals surface area contributed by atoms with Crippen molar-refractivity contribution in [3.63, 3.8) is 0 Å². The van der Waals surface area contributed by atoms with Crippen molar-refractivity contribution >= 4 is 41.7 Å². The molecule has 0 aromatic carbocycles. The highest BCUT2D eigenvalue weighted by Crippen LogP contribution is 2.33. The number of aliphatic hydroxyl groups is 1. The van der Waals surface area contributed by atoms with E-state index in [4.69, 9.17) is 4.74 Å². The van der Waals surface area contributed by atoms with Crippen LogP contribution in [0, 0.1) is 11.3 Å². The van der Waals surface area contributed by atoms with Gasteiger partial charge in [-0.1, -0.05) is 20.8 Å². The number of nitrogens with one attached hydrogen (secondary N) is 2. The molecule has 0 spiro atoms. The Bertz CT molecular complexity index is 423. The maximum Gasteiger partial charge on any atom is 0.191 e. The molecule has 2 aliphatic rings. The van der Waals surface area contributed by atoms with Gasteiger partial charge in [0.15, 0.2) is 5.96 Å². The third-order valence-electron chi connectivity index (χ3n) is 4.79. The summed E-state index contributed by atoms with van der Waals surface area (Å²) in [7, 11) is 0. The number of nitrogens with zero attached hydrogens (tertiary/aromatic N) is 1. The van der Waals surface area contributed by atoms with Crippen molar-refractivity contribution in [3.05, 3.63) is 0 Å². The van der Waals surface area contributed by atoms with E-state index in [2.05, 4.69) is 43.3 Å². The molecule has 3 atom stereocenters. The van der Waals surface area contributed by atoms with E-state index in [0.29, 0.717) is 12.5 Å². The standard InChI is InChI=1S/C18H35N3O2S.HI/c1-5-19-16(21-12-18(22)8-10-24-13-18)20-11-14-7-6-9-23-15(14)17(2,3)4;/h14-15,22H,5-13H2,1-4H3,(H2,19,20,21);1H. The zero-order valence-corrected chi connectivity index (χ0v) is 19.3. The topological polar surface area (TPSA) is 65.9 Å². The number of ether oxygens (including phenoxy) is 1. The van der Waals surface area contributed by atoms with E-state index in [1.165, 1.54) is 6.42 Å². The molecule has 0 aromatic heterocycles. The van der Waals surface area contributed by atoms with Gasteiger partial charge in [0, 0.05) is 31.4 Å². The van der Waals surface area contributed by atoms with Crippen LogP contribution in [0.3, 0.4) is 0 Å². The highest BCUT2D eigenvalue weighted by Gasteiger charge is 2.35. The molecule has 7 heteroatoms. The first-order chi connectivity index (χ1) is 11.3. The minimum absolute atomic E-state index is 0. The molecule has 0 amide bonds. The minimum Gasteiger partial charge on any atom is -0.387 e. The van der Waals surface area contributed by atoms with Gasteiger partial charge in [0.1, 0.15) is 0 Å². The molecular weight excluding hydrogens is 449 g/mol. The molecule has 0 radical (unpaired) electrons. The van der Waals surface area contributed by atoms with Gasteiger partial charge in [-0.15, -0.1) is 24.0 Å². The fourth-order valence-electron chi connectivity index (χ4n) is 3.53. The van der Waals surface area contributed by atoms with Gasteiger partial charge >= 0.3 is 0 Å². The van der Waals surface area contributed by atoms with E-state index < -0.39 is 5.60 Å². The monoisotopic (exact) mass is 485 g/mol. The fraction of sp³-hybridized carbons (Fsp3) is 0.944. The Kier molecular flexibility index (Phi) is 9.85. The van der Waals surface area contributed by atoms with Crippen LogP contribution in [-0.4, -0.2) is 60.5 Å². The van der Waals surface area contributed by atoms with Crippen LogP contribution >= 0.6 is 35.7 Å². The van der Waals surface area contributed by atoms with Crippen LogP contribution in [0.5, 0.6) is 0 Å². The molecule has 0 aromatic rings. The van der Waals surface area contributed by atoms with Crippen molar-refractivity contribution in [3.8, 4) is 0 Å². The zero-order chi connectivity index (χ0) is 17.6. The number of guanidine groups is 1. The Balaban J connectivity index is 0.00000312. The van der Waals surface area contributed by atoms with Crippen LogP contribution < -0.4 is 10.6 Å². The predicted molar refractivity (Wildman–Crippen MR) is 118 cm³/mol. The number of rotatable bonds is 5. The summed E-state index contributed by atoms with van der Waals surface area (Å²) in [5.74, 6) is 3.12. The van der Waals surface area contributed by atoms with E-state index in [0.717, 1.165) is 50.0 Å². The summed E-state index contributed by atoms with van der Waals surface area (Å²) in [6.07, 6.45) is 3.43. The van der Waals surface area contributed by atoms with Crippen LogP contribution in [-0.2, 0) is 4.74 Å². The van der Waals surface area contributed by atoms with Gasteiger partial charge in [-0.25, -0.2) is 0 Å². The average Bonchev–Trinajstić information content (AvgIpc) is 2.96. The van der Waals surface area contributed by atoms with E-state index in [1.807, 2.05) is 11.8 Å². The Labute approximate surface area is 174 Å². The lowest BCUT2D eigenvalue weighted by molar-refractivity contribution is -0.0835. The second-order valence-corrected chi connectivity index (χ2v) is 9.27. The van der Waals surface area contributed by atoms with E-state index in [-0.39, 0.29) is 35.5 Å². The first-order valence-corrected chi connectivity index (χ1v) is 10.4. The van der Waals surface area contributed by atoms with Gasteiger partial charge in [-0.3, -0.25) is 4.99 Å². The van der Waals surface area contributed by atoms with Gasteiger partial charge in [0.25, 0.3) is 0 Å². The van der Waals surface area contributed by atoms with Gasteiger partial charge in [-0.05, 0) is 37.4 Å². The predicted octanol–water partition coefficient (Wildman–Crippen LogP) is 2.87. The van der Waals surface area contributed by atoms with Crippen LogP contribution in [0.1, 0.15) is 47.0 Å². The van der Waals surface area contributed by atoms with Crippen LogP contribution in [0.25, 0.3) is 0 Å². The molecule has 3 unspecified atom stereocenters. The van der Waals surface area contributed by atoms with Crippen molar-refractivity contribution in [2.24, 2.45) is 16.3 Å². The Morgan fingerprint density at radius 1 is 1.36 bits per heavy atom. The molecule has 25 heavy (non-hydrogen) atoms.